The van der Waals surface area contributed by atoms with Crippen molar-refractivity contribution >= 4 is 17.1 Å². The molecule has 1 aromatic rings. The normalized spacial score (nSPS) is 11.5. The summed E-state index contributed by atoms with van der Waals surface area (Å²) in [4.78, 5) is 20.8. The Morgan fingerprint density at radius 1 is 1.40 bits per heavy atom. The van der Waals surface area contributed by atoms with Gasteiger partial charge in [0, 0.05) is 17.7 Å². The molecule has 1 atom stereocenters. The van der Waals surface area contributed by atoms with Crippen LogP contribution in [0, 0.1) is 38.5 Å². The Morgan fingerprint density at radius 3 is 2.40 bits per heavy atom. The lowest BCUT2D eigenvalue weighted by Crippen LogP contribution is -2.16. The van der Waals surface area contributed by atoms with Crippen molar-refractivity contribution in [1.29, 1.82) is 5.26 Å². The van der Waals surface area contributed by atoms with E-state index in [0.717, 1.165) is 6.07 Å². The van der Waals surface area contributed by atoms with Gasteiger partial charge < -0.3 is 5.32 Å². The van der Waals surface area contributed by atoms with Crippen LogP contribution in [0.15, 0.2) is 6.07 Å². The average Bonchev–Trinajstić information content (AvgIpc) is 2.37. The molecular formula is C12H14N4O4. The lowest BCUT2D eigenvalue weighted by Gasteiger charge is -2.14. The largest absolute Gasteiger partial charge is 0.371 e. The number of nitrogens with zero attached hydrogens (tertiary/aromatic N) is 3. The van der Waals surface area contributed by atoms with E-state index in [0.29, 0.717) is 6.42 Å². The monoisotopic (exact) mass is 278 g/mol. The molecule has 0 fully saturated rings. The van der Waals surface area contributed by atoms with Gasteiger partial charge in [-0.05, 0) is 20.3 Å². The van der Waals surface area contributed by atoms with Gasteiger partial charge in [-0.15, -0.1) is 0 Å². The fourth-order valence-electron chi connectivity index (χ4n) is 1.73. The van der Waals surface area contributed by atoms with Gasteiger partial charge in [0.15, 0.2) is 5.69 Å². The maximum atomic E-state index is 11.2. The molecule has 0 aromatic heterocycles. The van der Waals surface area contributed by atoms with E-state index in [4.69, 9.17) is 5.26 Å². The van der Waals surface area contributed by atoms with Crippen LogP contribution in [0.25, 0.3) is 0 Å². The van der Waals surface area contributed by atoms with Crippen molar-refractivity contribution in [2.75, 3.05) is 5.32 Å². The summed E-state index contributed by atoms with van der Waals surface area (Å²) in [5.41, 5.74) is -0.979. The quantitative estimate of drug-likeness (QED) is 0.652. The second-order valence-corrected chi connectivity index (χ2v) is 4.37. The molecule has 0 saturated heterocycles. The van der Waals surface area contributed by atoms with Crippen molar-refractivity contribution < 1.29 is 9.85 Å². The van der Waals surface area contributed by atoms with E-state index in [2.05, 4.69) is 5.32 Å². The highest BCUT2D eigenvalue weighted by molar-refractivity contribution is 5.79. The van der Waals surface area contributed by atoms with Gasteiger partial charge in [0.1, 0.15) is 0 Å². The first kappa shape index (κ1) is 15.4. The predicted molar refractivity (Wildman–Crippen MR) is 72.6 cm³/mol. The molecule has 1 rings (SSSR count). The highest BCUT2D eigenvalue weighted by Crippen LogP contribution is 2.39. The molecule has 0 spiro atoms. The number of anilines is 1. The van der Waals surface area contributed by atoms with Crippen LogP contribution in [0.2, 0.25) is 0 Å². The van der Waals surface area contributed by atoms with Gasteiger partial charge in [0.25, 0.3) is 0 Å². The Kier molecular flexibility index (Phi) is 4.59. The second kappa shape index (κ2) is 5.97. The molecule has 0 bridgehead atoms. The summed E-state index contributed by atoms with van der Waals surface area (Å²) < 4.78 is 0. The van der Waals surface area contributed by atoms with Gasteiger partial charge >= 0.3 is 11.4 Å². The molecule has 0 aliphatic carbocycles. The highest BCUT2D eigenvalue weighted by Gasteiger charge is 2.30. The van der Waals surface area contributed by atoms with Gasteiger partial charge in [-0.2, -0.15) is 5.26 Å². The van der Waals surface area contributed by atoms with Crippen LogP contribution in [-0.4, -0.2) is 15.9 Å². The number of nitro groups is 2. The van der Waals surface area contributed by atoms with Crippen molar-refractivity contribution in [3.8, 4) is 6.07 Å². The minimum atomic E-state index is -0.724. The van der Waals surface area contributed by atoms with Gasteiger partial charge in [0.2, 0.25) is 0 Å². The topological polar surface area (TPSA) is 122 Å². The summed E-state index contributed by atoms with van der Waals surface area (Å²) in [6.45, 7) is 5.02. The highest BCUT2D eigenvalue weighted by atomic mass is 16.6. The fourth-order valence-corrected chi connectivity index (χ4v) is 1.73. The molecule has 1 aromatic carbocycles. The van der Waals surface area contributed by atoms with Gasteiger partial charge in [0.05, 0.1) is 21.5 Å². The maximum absolute atomic E-state index is 11.2. The Balaban J connectivity index is 3.67. The van der Waals surface area contributed by atoms with Crippen LogP contribution in [-0.2, 0) is 0 Å². The molecule has 0 amide bonds. The first-order valence-corrected chi connectivity index (χ1v) is 5.96. The summed E-state index contributed by atoms with van der Waals surface area (Å²) >= 11 is 0. The smallest absolute Gasteiger partial charge is 0.303 e. The van der Waals surface area contributed by atoms with Crippen LogP contribution >= 0.6 is 0 Å². The van der Waals surface area contributed by atoms with Crippen LogP contribution in [0.1, 0.15) is 31.4 Å². The van der Waals surface area contributed by atoms with E-state index in [1.807, 2.05) is 6.92 Å². The molecule has 20 heavy (non-hydrogen) atoms. The predicted octanol–water partition coefficient (Wildman–Crippen LogP) is 2.89. The fraction of sp³-hybridized carbons (Fsp3) is 0.417. The van der Waals surface area contributed by atoms with E-state index in [-0.39, 0.29) is 22.9 Å². The SMILES string of the molecule is CCC(C)Nc1c([N+](=O)[O-])cc(C#N)c(C)c1[N+](=O)[O-]. The molecule has 1 unspecified atom stereocenters. The molecule has 0 heterocycles. The van der Waals surface area contributed by atoms with E-state index < -0.39 is 21.2 Å². The first-order valence-electron chi connectivity index (χ1n) is 5.96. The number of nitrogens with one attached hydrogen (secondary N) is 1. The molecule has 0 aliphatic rings. The summed E-state index contributed by atoms with van der Waals surface area (Å²) in [5, 5.41) is 34.0. The van der Waals surface area contributed by atoms with Crippen LogP contribution < -0.4 is 5.32 Å². The third kappa shape index (κ3) is 2.83. The van der Waals surface area contributed by atoms with Crippen molar-refractivity contribution in [3.05, 3.63) is 37.4 Å². The van der Waals surface area contributed by atoms with E-state index in [1.54, 1.807) is 13.0 Å². The standard InChI is InChI=1S/C12H14N4O4/c1-4-7(2)14-11-10(15(17)18)5-9(6-13)8(3)12(11)16(19)20/h5,7,14H,4H2,1-3H3. The van der Waals surface area contributed by atoms with Gasteiger partial charge in [-0.25, -0.2) is 0 Å². The summed E-state index contributed by atoms with van der Waals surface area (Å²) in [5.74, 6) is 0. The second-order valence-electron chi connectivity index (χ2n) is 4.37. The van der Waals surface area contributed by atoms with Crippen molar-refractivity contribution in [3.63, 3.8) is 0 Å². The third-order valence-corrected chi connectivity index (χ3v) is 3.04. The Labute approximate surface area is 115 Å². The average molecular weight is 278 g/mol. The molecule has 1 N–H and O–H groups in total. The molecule has 0 radical (unpaired) electrons. The van der Waals surface area contributed by atoms with E-state index in [9.17, 15) is 20.2 Å². The Morgan fingerprint density at radius 2 is 2.00 bits per heavy atom. The van der Waals surface area contributed by atoms with Crippen LogP contribution in [0.4, 0.5) is 17.1 Å². The van der Waals surface area contributed by atoms with Crippen LogP contribution in [0.3, 0.4) is 0 Å². The number of hydrogen-bond donors (Lipinski definition) is 1. The molecule has 8 heteroatoms. The molecule has 0 saturated carbocycles. The number of rotatable bonds is 5. The van der Waals surface area contributed by atoms with Crippen LogP contribution in [0.5, 0.6) is 0 Å². The zero-order chi connectivity index (χ0) is 15.4. The Bertz CT molecular complexity index is 606. The zero-order valence-corrected chi connectivity index (χ0v) is 11.3. The van der Waals surface area contributed by atoms with Crippen molar-refractivity contribution in [2.24, 2.45) is 0 Å². The maximum Gasteiger partial charge on any atom is 0.303 e. The number of hydrogen-bond acceptors (Lipinski definition) is 6. The van der Waals surface area contributed by atoms with Gasteiger partial charge in [-0.3, -0.25) is 20.2 Å². The minimum absolute atomic E-state index is 0.0712. The summed E-state index contributed by atoms with van der Waals surface area (Å²) in [7, 11) is 0. The molecule has 106 valence electrons. The zero-order valence-electron chi connectivity index (χ0n) is 11.3. The number of benzene rings is 1. The third-order valence-electron chi connectivity index (χ3n) is 3.04. The van der Waals surface area contributed by atoms with Gasteiger partial charge in [-0.1, -0.05) is 6.92 Å². The first-order chi connectivity index (χ1) is 9.33. The van der Waals surface area contributed by atoms with Crippen molar-refractivity contribution in [1.82, 2.24) is 0 Å². The minimum Gasteiger partial charge on any atom is -0.371 e. The van der Waals surface area contributed by atoms with Crippen molar-refractivity contribution in [2.45, 2.75) is 33.2 Å². The lowest BCUT2D eigenvalue weighted by atomic mass is 10.0. The summed E-state index contributed by atoms with van der Waals surface area (Å²) in [6, 6.07) is 2.64. The Hall–Kier alpha value is -2.69. The van der Waals surface area contributed by atoms with E-state index in [1.165, 1.54) is 6.92 Å². The molecular weight excluding hydrogens is 264 g/mol. The number of nitro benzene ring substituents is 2. The molecule has 8 nitrogen and oxygen atoms in total. The van der Waals surface area contributed by atoms with E-state index >= 15 is 0 Å². The summed E-state index contributed by atoms with van der Waals surface area (Å²) in [6.07, 6.45) is 0.646. The lowest BCUT2D eigenvalue weighted by molar-refractivity contribution is -0.392. The molecule has 0 aliphatic heterocycles. The number of nitriles is 1.